The standard InChI is InChI=1S/C25H28FN5O/c1-18-24(25(32)30-12-3-2-4-13-30)27-28-31(18)23-10-6-8-20-17-29(14-11-22(20)23)16-19-7-5-9-21(26)15-19/h5-10,15H,2-4,11-14,16-17H2,1H3. The van der Waals surface area contributed by atoms with E-state index in [1.165, 1.54) is 23.6 Å². The second-order valence-electron chi connectivity index (χ2n) is 8.79. The minimum atomic E-state index is -0.196. The summed E-state index contributed by atoms with van der Waals surface area (Å²) in [6.45, 7) is 5.93. The molecule has 0 spiro atoms. The normalized spacial score (nSPS) is 16.8. The zero-order valence-electron chi connectivity index (χ0n) is 18.4. The molecule has 32 heavy (non-hydrogen) atoms. The lowest BCUT2D eigenvalue weighted by molar-refractivity contribution is 0.0717. The van der Waals surface area contributed by atoms with Crippen LogP contribution in [-0.2, 0) is 19.5 Å². The first-order valence-corrected chi connectivity index (χ1v) is 11.4. The Morgan fingerprint density at radius 3 is 2.69 bits per heavy atom. The van der Waals surface area contributed by atoms with Crippen LogP contribution in [0.5, 0.6) is 0 Å². The van der Waals surface area contributed by atoms with Gasteiger partial charge >= 0.3 is 0 Å². The SMILES string of the molecule is Cc1c(C(=O)N2CCCCC2)nnn1-c1cccc2c1CCN(Cc1cccc(F)c1)C2. The molecule has 1 amide bonds. The first kappa shape index (κ1) is 20.8. The molecule has 0 radical (unpaired) electrons. The average molecular weight is 434 g/mol. The average Bonchev–Trinajstić information content (AvgIpc) is 3.19. The molecule has 0 atom stereocenters. The largest absolute Gasteiger partial charge is 0.337 e. The Bertz CT molecular complexity index is 1140. The highest BCUT2D eigenvalue weighted by Crippen LogP contribution is 2.27. The molecule has 0 saturated carbocycles. The Kier molecular flexibility index (Phi) is 5.74. The van der Waals surface area contributed by atoms with Gasteiger partial charge in [0, 0.05) is 32.7 Å². The molecule has 1 aromatic heterocycles. The molecule has 1 saturated heterocycles. The summed E-state index contributed by atoms with van der Waals surface area (Å²) >= 11 is 0. The van der Waals surface area contributed by atoms with Gasteiger partial charge < -0.3 is 4.90 Å². The maximum absolute atomic E-state index is 13.6. The maximum Gasteiger partial charge on any atom is 0.276 e. The highest BCUT2D eigenvalue weighted by Gasteiger charge is 2.26. The van der Waals surface area contributed by atoms with E-state index in [1.807, 2.05) is 28.6 Å². The zero-order valence-corrected chi connectivity index (χ0v) is 18.4. The Morgan fingerprint density at radius 1 is 1.06 bits per heavy atom. The van der Waals surface area contributed by atoms with Crippen molar-refractivity contribution in [2.45, 2.75) is 45.7 Å². The summed E-state index contributed by atoms with van der Waals surface area (Å²) < 4.78 is 15.4. The topological polar surface area (TPSA) is 54.3 Å². The molecule has 0 aliphatic carbocycles. The monoisotopic (exact) mass is 433 g/mol. The van der Waals surface area contributed by atoms with Gasteiger partial charge in [-0.2, -0.15) is 0 Å². The number of nitrogens with zero attached hydrogens (tertiary/aromatic N) is 5. The molecule has 2 aliphatic rings. The predicted molar refractivity (Wildman–Crippen MR) is 120 cm³/mol. The smallest absolute Gasteiger partial charge is 0.276 e. The fourth-order valence-electron chi connectivity index (χ4n) is 4.88. The molecule has 0 bridgehead atoms. The minimum Gasteiger partial charge on any atom is -0.337 e. The lowest BCUT2D eigenvalue weighted by Gasteiger charge is -2.30. The van der Waals surface area contributed by atoms with Crippen LogP contribution >= 0.6 is 0 Å². The summed E-state index contributed by atoms with van der Waals surface area (Å²) in [5.74, 6) is -0.210. The van der Waals surface area contributed by atoms with Crippen molar-refractivity contribution in [2.24, 2.45) is 0 Å². The van der Waals surface area contributed by atoms with Crippen LogP contribution in [0.3, 0.4) is 0 Å². The van der Waals surface area contributed by atoms with Gasteiger partial charge in [0.2, 0.25) is 0 Å². The van der Waals surface area contributed by atoms with Crippen molar-refractivity contribution in [3.8, 4) is 5.69 Å². The van der Waals surface area contributed by atoms with Crippen LogP contribution in [0.1, 0.15) is 52.1 Å². The fourth-order valence-corrected chi connectivity index (χ4v) is 4.88. The molecule has 5 rings (SSSR count). The van der Waals surface area contributed by atoms with Crippen molar-refractivity contribution in [1.82, 2.24) is 24.8 Å². The molecule has 2 aliphatic heterocycles. The Balaban J connectivity index is 1.38. The van der Waals surface area contributed by atoms with E-state index in [0.29, 0.717) is 5.69 Å². The van der Waals surface area contributed by atoms with Gasteiger partial charge in [-0.15, -0.1) is 5.10 Å². The number of piperidine rings is 1. The van der Waals surface area contributed by atoms with Crippen LogP contribution < -0.4 is 0 Å². The molecular formula is C25H28FN5O. The Morgan fingerprint density at radius 2 is 1.88 bits per heavy atom. The van der Waals surface area contributed by atoms with Crippen LogP contribution in [0.4, 0.5) is 4.39 Å². The van der Waals surface area contributed by atoms with Crippen molar-refractivity contribution < 1.29 is 9.18 Å². The van der Waals surface area contributed by atoms with E-state index in [0.717, 1.165) is 68.9 Å². The quantitative estimate of drug-likeness (QED) is 0.626. The molecule has 0 N–H and O–H groups in total. The third-order valence-electron chi connectivity index (χ3n) is 6.58. The van der Waals surface area contributed by atoms with Gasteiger partial charge in [0.15, 0.2) is 5.69 Å². The summed E-state index contributed by atoms with van der Waals surface area (Å²) in [6.07, 6.45) is 4.16. The van der Waals surface area contributed by atoms with Gasteiger partial charge in [0.1, 0.15) is 5.82 Å². The van der Waals surface area contributed by atoms with Crippen molar-refractivity contribution >= 4 is 5.91 Å². The number of carbonyl (C=O) groups is 1. The van der Waals surface area contributed by atoms with Gasteiger partial charge in [0.05, 0.1) is 11.4 Å². The molecule has 3 heterocycles. The van der Waals surface area contributed by atoms with Crippen LogP contribution in [0.2, 0.25) is 0 Å². The molecular weight excluding hydrogens is 405 g/mol. The Labute approximate surface area is 187 Å². The molecule has 166 valence electrons. The van der Waals surface area contributed by atoms with Gasteiger partial charge in [-0.3, -0.25) is 9.69 Å². The number of likely N-dealkylation sites (tertiary alicyclic amines) is 1. The zero-order chi connectivity index (χ0) is 22.1. The predicted octanol–water partition coefficient (Wildman–Crippen LogP) is 3.90. The first-order chi connectivity index (χ1) is 15.6. The minimum absolute atomic E-state index is 0.0143. The maximum atomic E-state index is 13.6. The summed E-state index contributed by atoms with van der Waals surface area (Å²) in [4.78, 5) is 17.2. The molecule has 2 aromatic carbocycles. The number of carbonyl (C=O) groups excluding carboxylic acids is 1. The van der Waals surface area contributed by atoms with E-state index in [-0.39, 0.29) is 11.7 Å². The van der Waals surface area contributed by atoms with Crippen molar-refractivity contribution in [3.63, 3.8) is 0 Å². The van der Waals surface area contributed by atoms with Crippen LogP contribution in [-0.4, -0.2) is 50.3 Å². The van der Waals surface area contributed by atoms with Crippen LogP contribution in [0.25, 0.3) is 5.69 Å². The number of aromatic nitrogens is 3. The number of hydrogen-bond donors (Lipinski definition) is 0. The molecule has 3 aromatic rings. The molecule has 7 heteroatoms. The molecule has 6 nitrogen and oxygen atoms in total. The number of hydrogen-bond acceptors (Lipinski definition) is 4. The van der Waals surface area contributed by atoms with E-state index in [1.54, 1.807) is 12.1 Å². The van der Waals surface area contributed by atoms with E-state index in [4.69, 9.17) is 0 Å². The van der Waals surface area contributed by atoms with E-state index < -0.39 is 0 Å². The van der Waals surface area contributed by atoms with Crippen molar-refractivity contribution in [1.29, 1.82) is 0 Å². The summed E-state index contributed by atoms with van der Waals surface area (Å²) in [6, 6.07) is 13.0. The summed E-state index contributed by atoms with van der Waals surface area (Å²) in [5, 5.41) is 8.64. The highest BCUT2D eigenvalue weighted by atomic mass is 19.1. The number of halogens is 1. The first-order valence-electron chi connectivity index (χ1n) is 11.4. The van der Waals surface area contributed by atoms with E-state index >= 15 is 0 Å². The van der Waals surface area contributed by atoms with Gasteiger partial charge in [-0.25, -0.2) is 9.07 Å². The highest BCUT2D eigenvalue weighted by molar-refractivity contribution is 5.93. The van der Waals surface area contributed by atoms with Crippen LogP contribution in [0, 0.1) is 12.7 Å². The van der Waals surface area contributed by atoms with Gasteiger partial charge in [0.25, 0.3) is 5.91 Å². The molecule has 1 fully saturated rings. The van der Waals surface area contributed by atoms with E-state index in [2.05, 4.69) is 27.3 Å². The summed E-state index contributed by atoms with van der Waals surface area (Å²) in [7, 11) is 0. The second kappa shape index (κ2) is 8.82. The third-order valence-corrected chi connectivity index (χ3v) is 6.58. The number of rotatable bonds is 4. The van der Waals surface area contributed by atoms with Crippen molar-refractivity contribution in [3.05, 3.63) is 76.4 Å². The van der Waals surface area contributed by atoms with Gasteiger partial charge in [-0.05, 0) is 67.5 Å². The lowest BCUT2D eigenvalue weighted by Crippen LogP contribution is -2.36. The third kappa shape index (κ3) is 4.05. The van der Waals surface area contributed by atoms with Gasteiger partial charge in [-0.1, -0.05) is 29.5 Å². The number of fused-ring (bicyclic) bond motifs is 1. The summed E-state index contributed by atoms with van der Waals surface area (Å²) in [5.41, 5.74) is 5.70. The number of amides is 1. The molecule has 0 unspecified atom stereocenters. The fraction of sp³-hybridized carbons (Fsp3) is 0.400. The second-order valence-corrected chi connectivity index (χ2v) is 8.79. The lowest BCUT2D eigenvalue weighted by atomic mass is 9.97. The number of benzene rings is 2. The van der Waals surface area contributed by atoms with Crippen molar-refractivity contribution in [2.75, 3.05) is 19.6 Å². The van der Waals surface area contributed by atoms with Crippen LogP contribution in [0.15, 0.2) is 42.5 Å². The Hall–Kier alpha value is -3.06. The van der Waals surface area contributed by atoms with E-state index in [9.17, 15) is 9.18 Å².